The fourth-order valence-electron chi connectivity index (χ4n) is 3.61. The van der Waals surface area contributed by atoms with Gasteiger partial charge in [-0.25, -0.2) is 13.1 Å². The number of rotatable bonds is 12. The third-order valence-corrected chi connectivity index (χ3v) is 6.08. The molecule has 190 valence electrons. The van der Waals surface area contributed by atoms with Gasteiger partial charge in [0, 0.05) is 13.7 Å². The van der Waals surface area contributed by atoms with Crippen molar-refractivity contribution >= 4 is 38.5 Å². The highest BCUT2D eigenvalue weighted by molar-refractivity contribution is 7.88. The van der Waals surface area contributed by atoms with Crippen LogP contribution in [-0.2, 0) is 40.4 Å². The molecule has 0 bridgehead atoms. The van der Waals surface area contributed by atoms with Crippen LogP contribution in [0.3, 0.4) is 0 Å². The molecule has 1 aliphatic rings. The Morgan fingerprint density at radius 1 is 1.06 bits per heavy atom. The van der Waals surface area contributed by atoms with E-state index in [0.29, 0.717) is 13.2 Å². The van der Waals surface area contributed by atoms with Gasteiger partial charge >= 0.3 is 0 Å². The molecular formula is C23H30N4O7S. The van der Waals surface area contributed by atoms with Crippen LogP contribution in [0.25, 0.3) is 10.8 Å². The fourth-order valence-corrected chi connectivity index (χ4v) is 4.32. The maximum Gasteiger partial charge on any atom is 0.245 e. The summed E-state index contributed by atoms with van der Waals surface area (Å²) >= 11 is 0. The number of sulfonamides is 1. The quantitative estimate of drug-likeness (QED) is 0.300. The van der Waals surface area contributed by atoms with Crippen molar-refractivity contribution in [3.8, 4) is 0 Å². The first kappa shape index (κ1) is 26.5. The van der Waals surface area contributed by atoms with E-state index in [-0.39, 0.29) is 19.2 Å². The molecule has 0 radical (unpaired) electrons. The first-order chi connectivity index (χ1) is 16.7. The van der Waals surface area contributed by atoms with Crippen molar-refractivity contribution in [1.29, 1.82) is 0 Å². The Labute approximate surface area is 204 Å². The Hall–Kier alpha value is -3.06. The van der Waals surface area contributed by atoms with Gasteiger partial charge in [0.15, 0.2) is 0 Å². The van der Waals surface area contributed by atoms with Gasteiger partial charge in [-0.2, -0.15) is 0 Å². The van der Waals surface area contributed by atoms with Gasteiger partial charge in [-0.15, -0.1) is 0 Å². The van der Waals surface area contributed by atoms with Gasteiger partial charge in [-0.1, -0.05) is 42.5 Å². The molecular weight excluding hydrogens is 476 g/mol. The number of ether oxygens (including phenoxy) is 2. The van der Waals surface area contributed by atoms with Crippen LogP contribution >= 0.6 is 0 Å². The molecule has 1 saturated heterocycles. The van der Waals surface area contributed by atoms with Crippen molar-refractivity contribution < 1.29 is 32.3 Å². The number of nitrogens with one attached hydrogen (secondary N) is 4. The average Bonchev–Trinajstić information content (AvgIpc) is 2.78. The van der Waals surface area contributed by atoms with Crippen LogP contribution in [-0.4, -0.2) is 77.5 Å². The molecule has 1 heterocycles. The summed E-state index contributed by atoms with van der Waals surface area (Å²) in [6.45, 7) is 0.779. The Morgan fingerprint density at radius 3 is 2.43 bits per heavy atom. The van der Waals surface area contributed by atoms with E-state index in [4.69, 9.17) is 9.47 Å². The second-order valence-corrected chi connectivity index (χ2v) is 10.1. The van der Waals surface area contributed by atoms with Gasteiger partial charge in [-0.05, 0) is 16.3 Å². The van der Waals surface area contributed by atoms with Gasteiger partial charge in [0.2, 0.25) is 27.7 Å². The van der Waals surface area contributed by atoms with Crippen LogP contribution < -0.4 is 20.7 Å². The van der Waals surface area contributed by atoms with Crippen molar-refractivity contribution in [2.24, 2.45) is 0 Å². The summed E-state index contributed by atoms with van der Waals surface area (Å²) < 4.78 is 35.8. The van der Waals surface area contributed by atoms with E-state index >= 15 is 0 Å². The number of hydrogen-bond donors (Lipinski definition) is 4. The number of benzene rings is 2. The molecule has 0 spiro atoms. The van der Waals surface area contributed by atoms with Crippen molar-refractivity contribution in [3.05, 3.63) is 48.0 Å². The first-order valence-corrected chi connectivity index (χ1v) is 12.9. The highest BCUT2D eigenvalue weighted by atomic mass is 32.2. The van der Waals surface area contributed by atoms with E-state index in [1.165, 1.54) is 7.11 Å². The Bertz CT molecular complexity index is 1160. The topological polar surface area (TPSA) is 152 Å². The lowest BCUT2D eigenvalue weighted by Gasteiger charge is -2.28. The molecule has 2 aromatic carbocycles. The molecule has 1 fully saturated rings. The highest BCUT2D eigenvalue weighted by Crippen LogP contribution is 2.18. The smallest absolute Gasteiger partial charge is 0.245 e. The lowest BCUT2D eigenvalue weighted by Crippen LogP contribution is -2.56. The van der Waals surface area contributed by atoms with Crippen LogP contribution in [0.15, 0.2) is 42.5 Å². The van der Waals surface area contributed by atoms with Gasteiger partial charge in [0.1, 0.15) is 12.1 Å². The summed E-state index contributed by atoms with van der Waals surface area (Å²) in [6, 6.07) is 10.8. The summed E-state index contributed by atoms with van der Waals surface area (Å²) in [5, 5.41) is 9.96. The highest BCUT2D eigenvalue weighted by Gasteiger charge is 2.30. The number of fused-ring (bicyclic) bond motifs is 1. The first-order valence-electron chi connectivity index (χ1n) is 11.0. The molecule has 0 saturated carbocycles. The minimum absolute atomic E-state index is 0.148. The minimum atomic E-state index is -3.82. The summed E-state index contributed by atoms with van der Waals surface area (Å²) in [5.74, 6) is -1.85. The maximum absolute atomic E-state index is 12.9. The van der Waals surface area contributed by atoms with Crippen LogP contribution in [0.2, 0.25) is 0 Å². The van der Waals surface area contributed by atoms with Crippen molar-refractivity contribution in [2.45, 2.75) is 31.1 Å². The number of hydrogen-bond acceptors (Lipinski definition) is 7. The zero-order valence-corrected chi connectivity index (χ0v) is 20.4. The number of carbonyl (C=O) groups excluding carboxylic acids is 3. The Balaban J connectivity index is 1.65. The van der Waals surface area contributed by atoms with Crippen molar-refractivity contribution in [2.75, 3.05) is 33.2 Å². The van der Waals surface area contributed by atoms with Crippen molar-refractivity contribution in [1.82, 2.24) is 20.7 Å². The fraction of sp³-hybridized carbons (Fsp3) is 0.435. The van der Waals surface area contributed by atoms with Gasteiger partial charge in [0.25, 0.3) is 0 Å². The monoisotopic (exact) mass is 506 g/mol. The van der Waals surface area contributed by atoms with Crippen LogP contribution in [0.4, 0.5) is 0 Å². The van der Waals surface area contributed by atoms with E-state index < -0.39 is 46.2 Å². The average molecular weight is 507 g/mol. The molecule has 0 unspecified atom stereocenters. The van der Waals surface area contributed by atoms with E-state index in [0.717, 1.165) is 22.6 Å². The SMILES string of the molecule is COC[C@H](NC(=O)[C@H](CC(=O)NC1COC1)NS(C)(=O)=O)C(=O)NCc1cccc2ccccc12. The lowest BCUT2D eigenvalue weighted by atomic mass is 10.0. The Kier molecular flexibility index (Phi) is 9.15. The predicted molar refractivity (Wildman–Crippen MR) is 129 cm³/mol. The number of amides is 3. The molecule has 0 aromatic heterocycles. The molecule has 4 N–H and O–H groups in total. The van der Waals surface area contributed by atoms with E-state index in [9.17, 15) is 22.8 Å². The van der Waals surface area contributed by atoms with E-state index in [1.807, 2.05) is 42.5 Å². The zero-order chi connectivity index (χ0) is 25.4. The third-order valence-electron chi connectivity index (χ3n) is 5.36. The van der Waals surface area contributed by atoms with Crippen LogP contribution in [0.1, 0.15) is 12.0 Å². The molecule has 1 aliphatic heterocycles. The molecule has 3 amide bonds. The molecule has 2 atom stereocenters. The second-order valence-electron chi connectivity index (χ2n) is 8.32. The van der Waals surface area contributed by atoms with E-state index in [1.54, 1.807) is 0 Å². The number of methoxy groups -OCH3 is 1. The molecule has 35 heavy (non-hydrogen) atoms. The molecule has 11 nitrogen and oxygen atoms in total. The summed E-state index contributed by atoms with van der Waals surface area (Å²) in [7, 11) is -2.44. The van der Waals surface area contributed by atoms with Gasteiger partial charge < -0.3 is 25.4 Å². The Morgan fingerprint density at radius 2 is 1.77 bits per heavy atom. The summed E-state index contributed by atoms with van der Waals surface area (Å²) in [6.07, 6.45) is 0.446. The molecule has 2 aromatic rings. The third kappa shape index (κ3) is 7.99. The molecule has 3 rings (SSSR count). The zero-order valence-electron chi connectivity index (χ0n) is 19.6. The second kappa shape index (κ2) is 12.1. The number of carbonyl (C=O) groups is 3. The predicted octanol–water partition coefficient (Wildman–Crippen LogP) is -0.590. The molecule has 0 aliphatic carbocycles. The molecule has 12 heteroatoms. The van der Waals surface area contributed by atoms with Crippen LogP contribution in [0.5, 0.6) is 0 Å². The summed E-state index contributed by atoms with van der Waals surface area (Å²) in [4.78, 5) is 38.0. The van der Waals surface area contributed by atoms with Gasteiger partial charge in [-0.3, -0.25) is 14.4 Å². The van der Waals surface area contributed by atoms with Crippen molar-refractivity contribution in [3.63, 3.8) is 0 Å². The largest absolute Gasteiger partial charge is 0.382 e. The van der Waals surface area contributed by atoms with E-state index in [2.05, 4.69) is 20.7 Å². The minimum Gasteiger partial charge on any atom is -0.382 e. The standard InChI is InChI=1S/C23H30N4O7S/c1-33-14-20(22(29)24-11-16-8-5-7-15-6-3-4-9-18(15)16)26-23(30)19(27-35(2,31)32)10-21(28)25-17-12-34-13-17/h3-9,17,19-20,27H,10-14H2,1-2H3,(H,24,29)(H,25,28)(H,26,30)/t19-,20-/m0/s1. The normalized spacial score (nSPS) is 15.6. The van der Waals surface area contributed by atoms with Gasteiger partial charge in [0.05, 0.1) is 38.5 Å². The lowest BCUT2D eigenvalue weighted by molar-refractivity contribution is -0.133. The summed E-state index contributed by atoms with van der Waals surface area (Å²) in [5.41, 5.74) is 0.896. The maximum atomic E-state index is 12.9. The van der Waals surface area contributed by atoms with Crippen LogP contribution in [0, 0.1) is 0 Å².